The number of ether oxygens (including phenoxy) is 10. The lowest BCUT2D eigenvalue weighted by Crippen LogP contribution is -2.11. The van der Waals surface area contributed by atoms with Crippen LogP contribution in [0.5, 0.6) is 57.5 Å². The Bertz CT molecular complexity index is 7320. The molecule has 700 valence electrons. The molecule has 0 fully saturated rings. The predicted molar refractivity (Wildman–Crippen MR) is 518 cm³/mol. The number of nitrogens with one attached hydrogen (secondary N) is 1. The molecule has 33 nitrogen and oxygen atoms in total. The third-order valence-electron chi connectivity index (χ3n) is 21.1. The van der Waals surface area contributed by atoms with Gasteiger partial charge < -0.3 is 67.8 Å². The van der Waals surface area contributed by atoms with Crippen molar-refractivity contribution in [3.05, 3.63) is 293 Å². The summed E-state index contributed by atoms with van der Waals surface area (Å²) in [5.41, 5.74) is 14.3. The van der Waals surface area contributed by atoms with Gasteiger partial charge in [-0.1, -0.05) is 95.6 Å². The largest absolute Gasteiger partial charge is 0.507 e. The molecule has 0 bridgehead atoms. The van der Waals surface area contributed by atoms with Crippen molar-refractivity contribution in [2.75, 3.05) is 82.1 Å². The number of phenols is 4. The number of benzene rings is 12. The Morgan fingerprint density at radius 1 is 0.261 bits per heavy atom. The summed E-state index contributed by atoms with van der Waals surface area (Å²) in [5, 5.41) is 42.4. The number of aryl methyl sites for hydroxylation is 5. The van der Waals surface area contributed by atoms with Gasteiger partial charge in [0, 0.05) is 69.3 Å². The van der Waals surface area contributed by atoms with Crippen LogP contribution in [0.3, 0.4) is 0 Å². The minimum Gasteiger partial charge on any atom is -0.507 e. The molecule has 16 rings (SSSR count). The molecule has 0 aliphatic carbocycles. The van der Waals surface area contributed by atoms with Gasteiger partial charge in [-0.15, -0.1) is 0 Å². The monoisotopic (exact) mass is 1880 g/mol. The molecule has 4 heterocycles. The van der Waals surface area contributed by atoms with Crippen molar-refractivity contribution in [3.8, 4) is 194 Å². The molecule has 4 aromatic heterocycles. The van der Waals surface area contributed by atoms with Crippen molar-refractivity contribution in [1.82, 2.24) is 59.8 Å². The van der Waals surface area contributed by atoms with Crippen LogP contribution in [0.1, 0.15) is 69.2 Å². The fourth-order valence-corrected chi connectivity index (χ4v) is 15.0. The number of aromatic nitrogens is 12. The average Bonchev–Trinajstić information content (AvgIpc) is 0.801. The zero-order valence-electron chi connectivity index (χ0n) is 77.7. The molecule has 16 aromatic rings. The maximum absolute atomic E-state index is 11.9. The van der Waals surface area contributed by atoms with E-state index in [1.54, 1.807) is 202 Å². The number of hydrogen-bond acceptors (Lipinski definition) is 32. The molecule has 0 spiro atoms. The summed E-state index contributed by atoms with van der Waals surface area (Å²) in [4.78, 5) is 103. The Kier molecular flexibility index (Phi) is 31.0. The molecule has 138 heavy (non-hydrogen) atoms. The lowest BCUT2D eigenvalue weighted by molar-refractivity contribution is 0.0592. The molecule has 0 saturated heterocycles. The zero-order valence-corrected chi connectivity index (χ0v) is 78.5. The first kappa shape index (κ1) is 97.8. The maximum atomic E-state index is 11.9. The van der Waals surface area contributed by atoms with Gasteiger partial charge in [-0.05, 0) is 179 Å². The van der Waals surface area contributed by atoms with Gasteiger partial charge >= 0.3 is 23.9 Å². The summed E-state index contributed by atoms with van der Waals surface area (Å²) >= 11 is 0. The summed E-state index contributed by atoms with van der Waals surface area (Å²) in [6.07, 6.45) is 1.05. The third-order valence-corrected chi connectivity index (χ3v) is 21.7. The molecule has 0 atom stereocenters. The minimum atomic E-state index is -3.58. The topological polar surface area (TPSA) is 442 Å². The fraction of sp³-hybridized carbons (Fsp3) is 0.154. The second-order valence-corrected chi connectivity index (χ2v) is 32.4. The van der Waals surface area contributed by atoms with Crippen LogP contribution in [0.2, 0.25) is 0 Å². The highest BCUT2D eigenvalue weighted by Crippen LogP contribution is 2.41. The quantitative estimate of drug-likeness (QED) is 0.0277. The van der Waals surface area contributed by atoms with Crippen LogP contribution in [0, 0.1) is 34.6 Å². The third kappa shape index (κ3) is 23.5. The number of hydrogen-bond donors (Lipinski definition) is 5. The van der Waals surface area contributed by atoms with E-state index in [0.717, 1.165) is 45.2 Å². The lowest BCUT2D eigenvalue weighted by Gasteiger charge is -2.13. The lowest BCUT2D eigenvalue weighted by atomic mass is 9.99. The van der Waals surface area contributed by atoms with Gasteiger partial charge in [0.05, 0.1) is 133 Å². The molecule has 0 radical (unpaired) electrons. The highest BCUT2D eigenvalue weighted by molar-refractivity contribution is 7.92. The molecule has 0 aliphatic heterocycles. The van der Waals surface area contributed by atoms with Gasteiger partial charge in [-0.2, -0.15) is 0 Å². The Morgan fingerprint density at radius 3 is 0.812 bits per heavy atom. The van der Waals surface area contributed by atoms with Gasteiger partial charge in [0.1, 0.15) is 57.5 Å². The molecule has 5 N–H and O–H groups in total. The number of anilines is 1. The summed E-state index contributed by atoms with van der Waals surface area (Å²) in [5.74, 6) is 5.18. The maximum Gasteiger partial charge on any atom is 0.337 e. The highest BCUT2D eigenvalue weighted by Gasteiger charge is 2.26. The van der Waals surface area contributed by atoms with Crippen LogP contribution < -0.4 is 33.1 Å². The molecule has 0 unspecified atom stereocenters. The fourth-order valence-electron chi connectivity index (χ4n) is 14.4. The van der Waals surface area contributed by atoms with Crippen molar-refractivity contribution in [3.63, 3.8) is 0 Å². The first-order chi connectivity index (χ1) is 66.3. The van der Waals surface area contributed by atoms with E-state index in [1.807, 2.05) is 46.8 Å². The molecule has 0 aliphatic rings. The SMILES string of the molecule is COC(=O)c1ccc(-c2nc(-c3cc(C)cc(C)c3)nc(-c3ccc(OC)cc3O)n2)cc1.COC(=O)c1ccc(-c2nc(-c3ccc(OC)cc3O)nc(-c3c(C)cc(C)cc3C)n2)cc1.COC(=O)c1ccc(-c2nc(-c3ccc(OC)cc3O)nc(-c3ccc(OC)cc3OC)n2)cc1.COC(=O)c1ccc(-c2nc(-c3ccc(OC)cc3O)nc(-c3ccccc3NS(C)(=O)=O)n2)cc1. The van der Waals surface area contributed by atoms with Crippen LogP contribution in [-0.2, 0) is 29.0 Å². The van der Waals surface area contributed by atoms with Crippen LogP contribution in [0.25, 0.3) is 137 Å². The first-order valence-electron chi connectivity index (χ1n) is 42.1. The van der Waals surface area contributed by atoms with E-state index >= 15 is 0 Å². The van der Waals surface area contributed by atoms with E-state index in [4.69, 9.17) is 62.3 Å². The number of aromatic hydroxyl groups is 4. The van der Waals surface area contributed by atoms with Crippen molar-refractivity contribution in [1.29, 1.82) is 0 Å². The summed E-state index contributed by atoms with van der Waals surface area (Å²) < 4.78 is 77.0. The summed E-state index contributed by atoms with van der Waals surface area (Å²) in [7, 11) is 10.9. The molecule has 12 aromatic carbocycles. The van der Waals surface area contributed by atoms with Gasteiger partial charge in [0.2, 0.25) is 10.0 Å². The van der Waals surface area contributed by atoms with Crippen LogP contribution >= 0.6 is 0 Å². The van der Waals surface area contributed by atoms with E-state index in [0.29, 0.717) is 159 Å². The Morgan fingerprint density at radius 2 is 0.514 bits per heavy atom. The number of esters is 4. The second kappa shape index (κ2) is 43.8. The van der Waals surface area contributed by atoms with Gasteiger partial charge in [-0.3, -0.25) is 4.72 Å². The van der Waals surface area contributed by atoms with E-state index in [9.17, 15) is 48.0 Å². The van der Waals surface area contributed by atoms with Crippen LogP contribution in [-0.4, -0.2) is 190 Å². The number of carbonyl (C=O) groups excluding carboxylic acids is 4. The van der Waals surface area contributed by atoms with E-state index in [2.05, 4.69) is 67.8 Å². The average molecular weight is 1880 g/mol. The first-order valence-corrected chi connectivity index (χ1v) is 44.0. The van der Waals surface area contributed by atoms with E-state index < -0.39 is 33.9 Å². The van der Waals surface area contributed by atoms with Crippen molar-refractivity contribution in [2.24, 2.45) is 0 Å². The Balaban J connectivity index is 0.000000155. The Labute approximate surface area is 794 Å². The van der Waals surface area contributed by atoms with Gasteiger partial charge in [0.25, 0.3) is 0 Å². The molecule has 0 amide bonds. The highest BCUT2D eigenvalue weighted by atomic mass is 32.2. The number of rotatable bonds is 24. The summed E-state index contributed by atoms with van der Waals surface area (Å²) in [6, 6.07) is 68.5. The number of phenolic OH excluding ortho intramolecular Hbond substituents is 4. The number of para-hydroxylation sites is 1. The molecule has 34 heteroatoms. The summed E-state index contributed by atoms with van der Waals surface area (Å²) in [6.45, 7) is 10.1. The second-order valence-electron chi connectivity index (χ2n) is 30.7. The van der Waals surface area contributed by atoms with Crippen LogP contribution in [0.15, 0.2) is 243 Å². The normalized spacial score (nSPS) is 10.8. The Hall–Kier alpha value is -17.7. The number of methoxy groups -OCH3 is 10. The van der Waals surface area contributed by atoms with Crippen molar-refractivity contribution >= 4 is 39.6 Å². The van der Waals surface area contributed by atoms with E-state index in [-0.39, 0.29) is 52.0 Å². The number of nitrogens with zero attached hydrogens (tertiary/aromatic N) is 12. The molecule has 0 saturated carbocycles. The minimum absolute atomic E-state index is 0.000777. The van der Waals surface area contributed by atoms with E-state index in [1.165, 1.54) is 81.1 Å². The zero-order chi connectivity index (χ0) is 98.8. The smallest absolute Gasteiger partial charge is 0.337 e. The van der Waals surface area contributed by atoms with Crippen molar-refractivity contribution in [2.45, 2.75) is 34.6 Å². The van der Waals surface area contributed by atoms with Crippen LogP contribution in [0.4, 0.5) is 5.69 Å². The molecular formula is C104H93N13O20S. The number of sulfonamides is 1. The standard InChI is InChI=1S/C27H25N3O4.C26H23N3O6.C26H23N3O4.C25H22N4O6S/c1-15-12-16(2)23(17(3)13-15)26-29-24(18-6-8-19(9-7-18)27(32)34-5)28-25(30-26)21-11-10-20(33-4)14-22(21)31;1-32-17-9-11-19(21(30)13-17)24-27-23(15-5-7-16(8-6-15)26(31)35-4)28-25(29-24)20-12-10-18(33-2)14-22(20)34-3;1-15-11-16(2)13-19(12-15)24-27-23(17-5-7-18(8-6-17)26(31)33-4)28-25(29-24)21-10-9-20(32-3)14-22(21)30;1-34-17-12-13-19(21(30)14-17)24-27-22(15-8-10-16(11-9-15)25(31)35-2)26-23(28-24)18-6-4-5-7-20(18)29-36(3,32)33/h6-14,31H,1-5H3;5-14,30H,1-4H3;5-14,30H,1-4H3;4-14,29-30H,1-3H3. The van der Waals surface area contributed by atoms with Gasteiger partial charge in [0.15, 0.2) is 69.9 Å². The van der Waals surface area contributed by atoms with Crippen molar-refractivity contribution < 1.29 is 95.4 Å². The predicted octanol–water partition coefficient (Wildman–Crippen LogP) is 18.4. The number of carbonyl (C=O) groups is 4. The van der Waals surface area contributed by atoms with Gasteiger partial charge in [-0.25, -0.2) is 87.4 Å². The molecular weight excluding hydrogens is 1780 g/mol.